The van der Waals surface area contributed by atoms with Gasteiger partial charge in [0.25, 0.3) is 0 Å². The van der Waals surface area contributed by atoms with Crippen molar-refractivity contribution in [3.63, 3.8) is 0 Å². The Morgan fingerprint density at radius 3 is 1.71 bits per heavy atom. The normalized spacial score (nSPS) is 11.8. The molecule has 0 aliphatic carbocycles. The van der Waals surface area contributed by atoms with E-state index in [0.29, 0.717) is 0 Å². The molecule has 0 atom stereocenters. The zero-order chi connectivity index (χ0) is 21.1. The Morgan fingerprint density at radius 1 is 0.857 bits per heavy atom. The van der Waals surface area contributed by atoms with Crippen molar-refractivity contribution < 1.29 is 33.4 Å². The summed E-state index contributed by atoms with van der Waals surface area (Å²) in [5, 5.41) is 4.83. The van der Waals surface area contributed by atoms with Gasteiger partial charge in [-0.05, 0) is 69.3 Å². The Kier molecular flexibility index (Phi) is 7.38. The highest BCUT2D eigenvalue weighted by molar-refractivity contribution is 9.10. The molecule has 7 nitrogen and oxygen atoms in total. The minimum atomic E-state index is -4.94. The number of halogens is 3. The van der Waals surface area contributed by atoms with Crippen LogP contribution in [0.3, 0.4) is 0 Å². The zero-order valence-electron chi connectivity index (χ0n) is 15.3. The molecular weight excluding hydrogens is 517 g/mol. The van der Waals surface area contributed by atoms with Crippen LogP contribution in [0.2, 0.25) is 0 Å². The fourth-order valence-electron chi connectivity index (χ4n) is 2.25. The van der Waals surface area contributed by atoms with Gasteiger partial charge in [-0.2, -0.15) is 4.57 Å². The number of rotatable bonds is 2. The van der Waals surface area contributed by atoms with Gasteiger partial charge in [0.05, 0.1) is 5.56 Å². The molecule has 0 N–H and O–H groups in total. The molecule has 28 heavy (non-hydrogen) atoms. The average molecular weight is 536 g/mol. The maximum absolute atomic E-state index is 8.49. The molecule has 0 aliphatic heterocycles. The number of hydrogen-bond acceptors (Lipinski definition) is 5. The van der Waals surface area contributed by atoms with Crippen LogP contribution in [0.25, 0.3) is 17.1 Å². The van der Waals surface area contributed by atoms with E-state index in [1.807, 2.05) is 28.9 Å². The number of benzene rings is 2. The third-order valence-corrected chi connectivity index (χ3v) is 4.61. The topological polar surface area (TPSA) is 114 Å². The maximum atomic E-state index is 8.49. The minimum Gasteiger partial charge on any atom is -0.222 e. The highest BCUT2D eigenvalue weighted by Gasteiger charge is 2.27. The second-order valence-electron chi connectivity index (χ2n) is 6.79. The van der Waals surface area contributed by atoms with Gasteiger partial charge in [0.15, 0.2) is 0 Å². The summed E-state index contributed by atoms with van der Waals surface area (Å²) in [4.78, 5) is 0. The molecule has 1 aromatic heterocycles. The average Bonchev–Trinajstić information content (AvgIpc) is 3.00. The molecule has 0 saturated carbocycles. The van der Waals surface area contributed by atoms with Crippen LogP contribution in [0, 0.1) is 10.2 Å². The lowest BCUT2D eigenvalue weighted by Gasteiger charge is -2.17. The molecule has 0 bridgehead atoms. The van der Waals surface area contributed by atoms with E-state index in [0.717, 1.165) is 26.0 Å². The van der Waals surface area contributed by atoms with E-state index >= 15 is 0 Å². The second kappa shape index (κ2) is 9.00. The molecule has 10 heteroatoms. The first-order chi connectivity index (χ1) is 12.8. The molecule has 3 aromatic rings. The van der Waals surface area contributed by atoms with Gasteiger partial charge in [-0.15, -0.1) is 14.9 Å². The summed E-state index contributed by atoms with van der Waals surface area (Å²) in [6.07, 6.45) is 2.06. The van der Waals surface area contributed by atoms with Gasteiger partial charge < -0.3 is 0 Å². The summed E-state index contributed by atoms with van der Waals surface area (Å²) in [6.45, 7) is 6.45. The van der Waals surface area contributed by atoms with Crippen LogP contribution >= 0.6 is 31.9 Å². The highest BCUT2D eigenvalue weighted by Crippen LogP contribution is 2.21. The van der Waals surface area contributed by atoms with Crippen molar-refractivity contribution in [1.82, 2.24) is 9.78 Å². The smallest absolute Gasteiger partial charge is 0.222 e. The number of nitrogens with zero attached hydrogens (tertiary/aromatic N) is 3. The van der Waals surface area contributed by atoms with Crippen molar-refractivity contribution in [2.24, 2.45) is 0 Å². The maximum Gasteiger partial charge on any atom is 0.313 e. The van der Waals surface area contributed by atoms with Crippen LogP contribution in [0.1, 0.15) is 20.8 Å². The molecule has 0 spiro atoms. The van der Waals surface area contributed by atoms with Crippen LogP contribution in [0.5, 0.6) is 0 Å². The molecule has 0 fully saturated rings. The summed E-state index contributed by atoms with van der Waals surface area (Å²) >= 11 is 6.98. The lowest BCUT2D eigenvalue weighted by atomic mass is 10.1. The van der Waals surface area contributed by atoms with Gasteiger partial charge >= 0.3 is 5.82 Å². The molecule has 0 saturated heterocycles. The van der Waals surface area contributed by atoms with Gasteiger partial charge in [-0.25, -0.2) is 18.6 Å². The molecule has 1 heterocycles. The third kappa shape index (κ3) is 6.93. The van der Waals surface area contributed by atoms with E-state index in [1.165, 1.54) is 0 Å². The summed E-state index contributed by atoms with van der Waals surface area (Å²) in [5.74, 6) is 0.926. The van der Waals surface area contributed by atoms with Gasteiger partial charge in [0.1, 0.15) is 11.2 Å². The Bertz CT molecular complexity index is 849. The number of hydrogen-bond donors (Lipinski definition) is 0. The van der Waals surface area contributed by atoms with Crippen LogP contribution < -0.4 is 23.2 Å². The van der Waals surface area contributed by atoms with E-state index in [9.17, 15) is 0 Å². The van der Waals surface area contributed by atoms with Crippen molar-refractivity contribution in [3.05, 3.63) is 63.8 Å². The quantitative estimate of drug-likeness (QED) is 0.440. The van der Waals surface area contributed by atoms with Crippen LogP contribution in [0.15, 0.2) is 63.8 Å². The van der Waals surface area contributed by atoms with Gasteiger partial charge in [-0.3, -0.25) is 0 Å². The van der Waals surface area contributed by atoms with Crippen molar-refractivity contribution in [2.45, 2.75) is 26.3 Å². The molecule has 2 aromatic carbocycles. The van der Waals surface area contributed by atoms with Crippen LogP contribution in [-0.2, 0) is 5.54 Å². The van der Waals surface area contributed by atoms with E-state index in [1.54, 1.807) is 0 Å². The molecular formula is C18H18Br2ClN3O4. The largest absolute Gasteiger partial charge is 0.313 e. The van der Waals surface area contributed by atoms with E-state index in [2.05, 4.69) is 87.8 Å². The highest BCUT2D eigenvalue weighted by atomic mass is 79.9. The molecule has 0 radical (unpaired) electrons. The Hall–Kier alpha value is -1.33. The van der Waals surface area contributed by atoms with Crippen molar-refractivity contribution in [1.29, 1.82) is 0 Å². The summed E-state index contributed by atoms with van der Waals surface area (Å²) in [5.41, 5.74) is 2.09. The molecule has 0 unspecified atom stereocenters. The third-order valence-electron chi connectivity index (χ3n) is 3.55. The first kappa shape index (κ1) is 23.0. The Morgan fingerprint density at radius 2 is 1.29 bits per heavy atom. The summed E-state index contributed by atoms with van der Waals surface area (Å²) in [7, 11) is -4.94. The van der Waals surface area contributed by atoms with Crippen molar-refractivity contribution in [3.8, 4) is 17.1 Å². The lowest BCUT2D eigenvalue weighted by Crippen LogP contribution is -2.68. The van der Waals surface area contributed by atoms with Gasteiger partial charge in [-0.1, -0.05) is 31.9 Å². The predicted molar refractivity (Wildman–Crippen MR) is 99.6 cm³/mol. The van der Waals surface area contributed by atoms with Crippen molar-refractivity contribution >= 4 is 31.9 Å². The molecule has 150 valence electrons. The minimum absolute atomic E-state index is 0.0786. The first-order valence-corrected chi connectivity index (χ1v) is 10.8. The second-order valence-corrected chi connectivity index (χ2v) is 9.37. The Labute approximate surface area is 181 Å². The zero-order valence-corrected chi connectivity index (χ0v) is 19.2. The first-order valence-electron chi connectivity index (χ1n) is 8.00. The fourth-order valence-corrected chi connectivity index (χ4v) is 2.78. The van der Waals surface area contributed by atoms with E-state index < -0.39 is 10.2 Å². The van der Waals surface area contributed by atoms with E-state index in [4.69, 9.17) is 23.7 Å². The van der Waals surface area contributed by atoms with Crippen LogP contribution in [0.4, 0.5) is 0 Å². The lowest BCUT2D eigenvalue weighted by molar-refractivity contribution is -2.00. The van der Waals surface area contributed by atoms with Crippen LogP contribution in [-0.4, -0.2) is 9.78 Å². The summed E-state index contributed by atoms with van der Waals surface area (Å²) in [6, 6.07) is 16.5. The van der Waals surface area contributed by atoms with Gasteiger partial charge in [0.2, 0.25) is 6.33 Å². The standard InChI is InChI=1S/C18H18Br2N3.ClHO4/c1-18(2,3)23-12-22(16-10-8-15(20)9-11-16)17(21-23)13-4-6-14(19)7-5-13;2-1(3,4)5/h4-12H,1-3H3;(H,2,3,4,5)/q+1;/p-1. The van der Waals surface area contributed by atoms with Crippen molar-refractivity contribution in [2.75, 3.05) is 0 Å². The molecule has 0 aliphatic rings. The van der Waals surface area contributed by atoms with Gasteiger partial charge in [0, 0.05) is 14.0 Å². The predicted octanol–water partition coefficient (Wildman–Crippen LogP) is 0.351. The molecule has 3 rings (SSSR count). The van der Waals surface area contributed by atoms with E-state index in [-0.39, 0.29) is 5.54 Å². The fraction of sp³-hybridized carbons (Fsp3) is 0.222. The SMILES string of the molecule is CC(C)(C)n1c[n+](-c2ccc(Br)cc2)c(-c2ccc(Br)cc2)n1.[O-][Cl+3]([O-])([O-])[O-]. The Balaban J connectivity index is 0.000000500. The monoisotopic (exact) mass is 533 g/mol. The molecule has 0 amide bonds. The summed E-state index contributed by atoms with van der Waals surface area (Å²) < 4.78 is 40.2. The number of aromatic nitrogens is 3.